The van der Waals surface area contributed by atoms with E-state index in [1.54, 1.807) is 11.3 Å². The number of aliphatic hydroxyl groups is 1. The fourth-order valence-corrected chi connectivity index (χ4v) is 3.11. The second-order valence-corrected chi connectivity index (χ2v) is 6.75. The molecule has 0 aliphatic carbocycles. The monoisotopic (exact) mass is 271 g/mol. The first-order valence-corrected chi connectivity index (χ1v) is 7.07. The molecule has 5 heteroatoms. The summed E-state index contributed by atoms with van der Waals surface area (Å²) in [5.41, 5.74) is 0.371. The van der Waals surface area contributed by atoms with Crippen molar-refractivity contribution in [2.45, 2.75) is 39.3 Å². The van der Waals surface area contributed by atoms with Crippen LogP contribution in [0.4, 0.5) is 0 Å². The van der Waals surface area contributed by atoms with E-state index in [1.165, 1.54) is 4.88 Å². The fourth-order valence-electron chi connectivity index (χ4n) is 2.15. The number of aryl methyl sites for hydroxylation is 2. The Morgan fingerprint density at radius 3 is 2.50 bits per heavy atom. The zero-order valence-electron chi connectivity index (χ0n) is 12.2. The summed E-state index contributed by atoms with van der Waals surface area (Å²) in [6.45, 7) is 9.25. The summed E-state index contributed by atoms with van der Waals surface area (Å²) in [4.78, 5) is 7.68. The van der Waals surface area contributed by atoms with Gasteiger partial charge in [0.25, 0.3) is 0 Å². The van der Waals surface area contributed by atoms with Crippen LogP contribution in [0.25, 0.3) is 0 Å². The molecular formula is C13H25N3OS. The van der Waals surface area contributed by atoms with Gasteiger partial charge in [0.2, 0.25) is 0 Å². The molecule has 4 nitrogen and oxygen atoms in total. The average molecular weight is 271 g/mol. The van der Waals surface area contributed by atoms with Crippen LogP contribution in [0.5, 0.6) is 0 Å². The summed E-state index contributed by atoms with van der Waals surface area (Å²) in [6, 6.07) is 0.227. The van der Waals surface area contributed by atoms with Gasteiger partial charge in [-0.15, -0.1) is 11.3 Å². The second kappa shape index (κ2) is 6.10. The Morgan fingerprint density at radius 1 is 1.44 bits per heavy atom. The molecule has 1 aromatic heterocycles. The first-order chi connectivity index (χ1) is 8.21. The van der Waals surface area contributed by atoms with E-state index in [0.717, 1.165) is 10.7 Å². The van der Waals surface area contributed by atoms with Crippen LogP contribution in [0.15, 0.2) is 0 Å². The van der Waals surface area contributed by atoms with E-state index in [0.29, 0.717) is 13.1 Å². The summed E-state index contributed by atoms with van der Waals surface area (Å²) in [7, 11) is 3.93. The summed E-state index contributed by atoms with van der Waals surface area (Å²) < 4.78 is 0. The van der Waals surface area contributed by atoms with E-state index >= 15 is 0 Å². The van der Waals surface area contributed by atoms with Gasteiger partial charge in [-0.1, -0.05) is 0 Å². The molecule has 2 atom stereocenters. The molecule has 104 valence electrons. The summed E-state index contributed by atoms with van der Waals surface area (Å²) in [5.74, 6) is 0. The van der Waals surface area contributed by atoms with Gasteiger partial charge >= 0.3 is 0 Å². The van der Waals surface area contributed by atoms with Crippen LogP contribution in [0.3, 0.4) is 0 Å². The smallest absolute Gasteiger partial charge is 0.0900 e. The van der Waals surface area contributed by atoms with Crippen LogP contribution in [0, 0.1) is 13.8 Å². The van der Waals surface area contributed by atoms with Gasteiger partial charge in [-0.25, -0.2) is 4.98 Å². The molecule has 0 aliphatic heterocycles. The van der Waals surface area contributed by atoms with E-state index in [2.05, 4.69) is 17.2 Å². The molecule has 0 bridgehead atoms. The van der Waals surface area contributed by atoms with Gasteiger partial charge in [0.1, 0.15) is 0 Å². The van der Waals surface area contributed by atoms with Crippen molar-refractivity contribution < 1.29 is 5.11 Å². The van der Waals surface area contributed by atoms with E-state index in [1.807, 2.05) is 39.8 Å². The number of nitrogens with one attached hydrogen (secondary N) is 1. The first-order valence-electron chi connectivity index (χ1n) is 6.26. The van der Waals surface area contributed by atoms with Gasteiger partial charge in [0.15, 0.2) is 0 Å². The van der Waals surface area contributed by atoms with Crippen LogP contribution in [0.2, 0.25) is 0 Å². The van der Waals surface area contributed by atoms with Crippen LogP contribution in [-0.4, -0.2) is 47.8 Å². The molecule has 0 saturated carbocycles. The molecule has 0 radical (unpaired) electrons. The van der Waals surface area contributed by atoms with Crippen molar-refractivity contribution in [3.05, 3.63) is 15.6 Å². The molecule has 1 aromatic rings. The van der Waals surface area contributed by atoms with Crippen molar-refractivity contribution in [2.75, 3.05) is 27.2 Å². The Balaban J connectivity index is 2.55. The second-order valence-electron chi connectivity index (χ2n) is 5.52. The third-order valence-corrected chi connectivity index (χ3v) is 4.03. The minimum absolute atomic E-state index is 0.227. The predicted molar refractivity (Wildman–Crippen MR) is 77.2 cm³/mol. The van der Waals surface area contributed by atoms with Crippen molar-refractivity contribution in [3.63, 3.8) is 0 Å². The van der Waals surface area contributed by atoms with Gasteiger partial charge in [-0.05, 0) is 41.8 Å². The van der Waals surface area contributed by atoms with E-state index in [4.69, 9.17) is 0 Å². The highest BCUT2D eigenvalue weighted by molar-refractivity contribution is 7.11. The Kier molecular flexibility index (Phi) is 5.28. The normalized spacial score (nSPS) is 16.9. The number of aromatic nitrogens is 1. The Bertz CT molecular complexity index is 388. The number of nitrogens with zero attached hydrogens (tertiary/aromatic N) is 2. The maximum absolute atomic E-state index is 10.2. The molecular weight excluding hydrogens is 246 g/mol. The van der Waals surface area contributed by atoms with Crippen molar-refractivity contribution >= 4 is 11.3 Å². The zero-order valence-corrected chi connectivity index (χ0v) is 13.1. The number of hydrogen-bond donors (Lipinski definition) is 2. The first kappa shape index (κ1) is 15.6. The SMILES string of the molecule is Cc1nc(C)c(C(C)NCC(C)(O)CN(C)C)s1. The lowest BCUT2D eigenvalue weighted by atomic mass is 10.1. The van der Waals surface area contributed by atoms with Crippen molar-refractivity contribution in [1.82, 2.24) is 15.2 Å². The highest BCUT2D eigenvalue weighted by atomic mass is 32.1. The molecule has 0 fully saturated rings. The van der Waals surface area contributed by atoms with Gasteiger partial charge in [0.05, 0.1) is 16.3 Å². The van der Waals surface area contributed by atoms with E-state index in [9.17, 15) is 5.11 Å². The third kappa shape index (κ3) is 4.65. The van der Waals surface area contributed by atoms with Gasteiger partial charge in [-0.3, -0.25) is 0 Å². The summed E-state index contributed by atoms with van der Waals surface area (Å²) >= 11 is 1.72. The minimum atomic E-state index is -0.717. The average Bonchev–Trinajstić information content (AvgIpc) is 2.52. The molecule has 0 saturated heterocycles. The Morgan fingerprint density at radius 2 is 2.06 bits per heavy atom. The summed E-state index contributed by atoms with van der Waals surface area (Å²) in [5, 5.41) is 14.7. The van der Waals surface area contributed by atoms with Crippen molar-refractivity contribution in [1.29, 1.82) is 0 Å². The number of likely N-dealkylation sites (N-methyl/N-ethyl adjacent to an activating group) is 1. The largest absolute Gasteiger partial charge is 0.388 e. The molecule has 0 spiro atoms. The zero-order chi connectivity index (χ0) is 13.9. The fraction of sp³-hybridized carbons (Fsp3) is 0.769. The number of rotatable bonds is 6. The minimum Gasteiger partial charge on any atom is -0.388 e. The van der Waals surface area contributed by atoms with Crippen molar-refractivity contribution in [2.24, 2.45) is 0 Å². The maximum atomic E-state index is 10.2. The molecule has 1 rings (SSSR count). The third-order valence-electron chi connectivity index (χ3n) is 2.78. The molecule has 1 heterocycles. The van der Waals surface area contributed by atoms with Gasteiger partial charge < -0.3 is 15.3 Å². The van der Waals surface area contributed by atoms with Gasteiger partial charge in [0, 0.05) is 24.0 Å². The quantitative estimate of drug-likeness (QED) is 0.827. The highest BCUT2D eigenvalue weighted by Gasteiger charge is 2.23. The molecule has 2 unspecified atom stereocenters. The predicted octanol–water partition coefficient (Wildman–Crippen LogP) is 1.72. The maximum Gasteiger partial charge on any atom is 0.0900 e. The topological polar surface area (TPSA) is 48.4 Å². The van der Waals surface area contributed by atoms with E-state index in [-0.39, 0.29) is 6.04 Å². The molecule has 2 N–H and O–H groups in total. The molecule has 18 heavy (non-hydrogen) atoms. The van der Waals surface area contributed by atoms with Crippen LogP contribution in [-0.2, 0) is 0 Å². The van der Waals surface area contributed by atoms with E-state index < -0.39 is 5.60 Å². The molecule has 0 aliphatic rings. The number of hydrogen-bond acceptors (Lipinski definition) is 5. The van der Waals surface area contributed by atoms with Crippen LogP contribution in [0.1, 0.15) is 35.5 Å². The van der Waals surface area contributed by atoms with Crippen LogP contribution >= 0.6 is 11.3 Å². The lowest BCUT2D eigenvalue weighted by molar-refractivity contribution is 0.0318. The van der Waals surface area contributed by atoms with Crippen LogP contribution < -0.4 is 5.32 Å². The Labute approximate surface area is 114 Å². The highest BCUT2D eigenvalue weighted by Crippen LogP contribution is 2.24. The standard InChI is InChI=1S/C13H25N3OS/c1-9(12-10(2)15-11(3)18-12)14-7-13(4,17)8-16(5)6/h9,14,17H,7-8H2,1-6H3. The molecule has 0 amide bonds. The Hall–Kier alpha value is -0.490. The summed E-state index contributed by atoms with van der Waals surface area (Å²) in [6.07, 6.45) is 0. The lowest BCUT2D eigenvalue weighted by Gasteiger charge is -2.28. The molecule has 0 aromatic carbocycles. The lowest BCUT2D eigenvalue weighted by Crippen LogP contribution is -2.46. The van der Waals surface area contributed by atoms with Crippen molar-refractivity contribution in [3.8, 4) is 0 Å². The number of thiazole rings is 1. The van der Waals surface area contributed by atoms with Gasteiger partial charge in [-0.2, -0.15) is 0 Å².